The number of para-hydroxylation sites is 1. The molecule has 1 N–H and O–H groups in total. The van der Waals surface area contributed by atoms with Crippen LogP contribution in [0.15, 0.2) is 53.3 Å². The lowest BCUT2D eigenvalue weighted by atomic mass is 10.1. The first-order valence-electron chi connectivity index (χ1n) is 9.49. The standard InChI is InChI=1S/C22H27N3O2/c1-5-27-18-12-10-17(11-13-18)25-21(16(4)23-14-15(2)3)24-20-9-7-6-8-19(20)22(25)26/h6-13,15-16,23H,5,14H2,1-4H3/t16-/m0/s1. The quantitative estimate of drug-likeness (QED) is 0.685. The zero-order valence-corrected chi connectivity index (χ0v) is 16.4. The average Bonchev–Trinajstić information content (AvgIpc) is 2.67. The Balaban J connectivity index is 2.14. The smallest absolute Gasteiger partial charge is 0.266 e. The van der Waals surface area contributed by atoms with Crippen molar-refractivity contribution >= 4 is 10.9 Å². The Labute approximate surface area is 160 Å². The van der Waals surface area contributed by atoms with Gasteiger partial charge < -0.3 is 10.1 Å². The summed E-state index contributed by atoms with van der Waals surface area (Å²) < 4.78 is 7.23. The molecule has 0 saturated carbocycles. The molecule has 0 unspecified atom stereocenters. The van der Waals surface area contributed by atoms with Crippen LogP contribution in [0.5, 0.6) is 5.75 Å². The van der Waals surface area contributed by atoms with Crippen molar-refractivity contribution in [3.63, 3.8) is 0 Å². The minimum absolute atomic E-state index is 0.0574. The van der Waals surface area contributed by atoms with Crippen molar-refractivity contribution in [2.75, 3.05) is 13.2 Å². The van der Waals surface area contributed by atoms with Gasteiger partial charge in [0.25, 0.3) is 5.56 Å². The normalized spacial score (nSPS) is 12.5. The van der Waals surface area contributed by atoms with Crippen LogP contribution < -0.4 is 15.6 Å². The van der Waals surface area contributed by atoms with E-state index in [0.717, 1.165) is 23.5 Å². The third-order valence-electron chi connectivity index (χ3n) is 4.43. The second kappa shape index (κ2) is 8.35. The van der Waals surface area contributed by atoms with Crippen molar-refractivity contribution in [3.8, 4) is 11.4 Å². The van der Waals surface area contributed by atoms with E-state index < -0.39 is 0 Å². The Kier molecular flexibility index (Phi) is 5.91. The summed E-state index contributed by atoms with van der Waals surface area (Å²) >= 11 is 0. The number of aromatic nitrogens is 2. The van der Waals surface area contributed by atoms with Crippen molar-refractivity contribution in [3.05, 3.63) is 64.7 Å². The topological polar surface area (TPSA) is 56.1 Å². The van der Waals surface area contributed by atoms with Crippen molar-refractivity contribution in [1.82, 2.24) is 14.9 Å². The van der Waals surface area contributed by atoms with Crippen molar-refractivity contribution in [2.45, 2.75) is 33.7 Å². The number of benzene rings is 2. The molecule has 0 aliphatic carbocycles. The fourth-order valence-corrected chi connectivity index (χ4v) is 3.05. The molecule has 0 spiro atoms. The van der Waals surface area contributed by atoms with Gasteiger partial charge in [0.1, 0.15) is 11.6 Å². The van der Waals surface area contributed by atoms with Crippen LogP contribution in [0, 0.1) is 5.92 Å². The molecule has 0 fully saturated rings. The van der Waals surface area contributed by atoms with Crippen molar-refractivity contribution in [1.29, 1.82) is 0 Å². The van der Waals surface area contributed by atoms with Crippen molar-refractivity contribution in [2.24, 2.45) is 5.92 Å². The number of nitrogens with zero attached hydrogens (tertiary/aromatic N) is 2. The van der Waals surface area contributed by atoms with Crippen LogP contribution in [0.4, 0.5) is 0 Å². The number of fused-ring (bicyclic) bond motifs is 1. The summed E-state index contributed by atoms with van der Waals surface area (Å²) in [6, 6.07) is 15.0. The van der Waals surface area contributed by atoms with Gasteiger partial charge in [0.05, 0.1) is 29.2 Å². The minimum Gasteiger partial charge on any atom is -0.494 e. The number of nitrogens with one attached hydrogen (secondary N) is 1. The Hall–Kier alpha value is -2.66. The highest BCUT2D eigenvalue weighted by Gasteiger charge is 2.18. The van der Waals surface area contributed by atoms with Gasteiger partial charge in [0, 0.05) is 0 Å². The number of hydrogen-bond donors (Lipinski definition) is 1. The summed E-state index contributed by atoms with van der Waals surface area (Å²) in [5.74, 6) is 2.01. The highest BCUT2D eigenvalue weighted by Crippen LogP contribution is 2.20. The summed E-state index contributed by atoms with van der Waals surface area (Å²) in [6.07, 6.45) is 0. The number of rotatable bonds is 7. The lowest BCUT2D eigenvalue weighted by Gasteiger charge is -2.20. The summed E-state index contributed by atoms with van der Waals surface area (Å²) in [4.78, 5) is 18.1. The van der Waals surface area contributed by atoms with Crippen LogP contribution in [-0.4, -0.2) is 22.7 Å². The average molecular weight is 365 g/mol. The summed E-state index contributed by atoms with van der Waals surface area (Å²) in [5, 5.41) is 4.10. The largest absolute Gasteiger partial charge is 0.494 e. The maximum atomic E-state index is 13.3. The maximum Gasteiger partial charge on any atom is 0.266 e. The van der Waals surface area contributed by atoms with E-state index in [1.807, 2.05) is 62.4 Å². The van der Waals surface area contributed by atoms with Crippen LogP contribution in [0.2, 0.25) is 0 Å². The van der Waals surface area contributed by atoms with Crippen molar-refractivity contribution < 1.29 is 4.74 Å². The Bertz CT molecular complexity index is 961. The molecular formula is C22H27N3O2. The molecule has 2 aromatic carbocycles. The van der Waals surface area contributed by atoms with Crippen LogP contribution in [0.25, 0.3) is 16.6 Å². The molecule has 0 aliphatic rings. The van der Waals surface area contributed by atoms with Crippen LogP contribution in [-0.2, 0) is 0 Å². The Morgan fingerprint density at radius 3 is 2.44 bits per heavy atom. The fraction of sp³-hybridized carbons (Fsp3) is 0.364. The molecule has 1 atom stereocenters. The number of hydrogen-bond acceptors (Lipinski definition) is 4. The van der Waals surface area contributed by atoms with E-state index in [1.54, 1.807) is 4.57 Å². The maximum absolute atomic E-state index is 13.3. The van der Waals surface area contributed by atoms with Crippen LogP contribution >= 0.6 is 0 Å². The molecule has 27 heavy (non-hydrogen) atoms. The Morgan fingerprint density at radius 1 is 1.07 bits per heavy atom. The minimum atomic E-state index is -0.0590. The molecule has 0 aliphatic heterocycles. The zero-order valence-electron chi connectivity index (χ0n) is 16.4. The second-order valence-electron chi connectivity index (χ2n) is 7.08. The molecular weight excluding hydrogens is 338 g/mol. The molecule has 3 aromatic rings. The highest BCUT2D eigenvalue weighted by molar-refractivity contribution is 5.77. The van der Waals surface area contributed by atoms with Gasteiger partial charge >= 0.3 is 0 Å². The molecule has 1 aromatic heterocycles. The molecule has 0 saturated heterocycles. The van der Waals surface area contributed by atoms with E-state index in [1.165, 1.54) is 0 Å². The molecule has 0 amide bonds. The van der Waals surface area contributed by atoms with Crippen LogP contribution in [0.3, 0.4) is 0 Å². The molecule has 0 radical (unpaired) electrons. The lowest BCUT2D eigenvalue weighted by molar-refractivity contribution is 0.340. The van der Waals surface area contributed by atoms with Gasteiger partial charge in [-0.15, -0.1) is 0 Å². The first-order valence-corrected chi connectivity index (χ1v) is 9.49. The van der Waals surface area contributed by atoms with E-state index >= 15 is 0 Å². The van der Waals surface area contributed by atoms with Crippen LogP contribution in [0.1, 0.15) is 39.6 Å². The highest BCUT2D eigenvalue weighted by atomic mass is 16.5. The zero-order chi connectivity index (χ0) is 19.4. The molecule has 0 bridgehead atoms. The predicted octanol–water partition coefficient (Wildman–Crippen LogP) is 4.09. The van der Waals surface area contributed by atoms with Gasteiger partial charge in [0.2, 0.25) is 0 Å². The summed E-state index contributed by atoms with van der Waals surface area (Å²) in [7, 11) is 0. The first-order chi connectivity index (χ1) is 13.0. The monoisotopic (exact) mass is 365 g/mol. The predicted molar refractivity (Wildman–Crippen MR) is 110 cm³/mol. The van der Waals surface area contributed by atoms with E-state index in [2.05, 4.69) is 19.2 Å². The third kappa shape index (κ3) is 4.19. The molecule has 1 heterocycles. The lowest BCUT2D eigenvalue weighted by Crippen LogP contribution is -2.31. The second-order valence-corrected chi connectivity index (χ2v) is 7.08. The third-order valence-corrected chi connectivity index (χ3v) is 4.43. The first kappa shape index (κ1) is 19.1. The van der Waals surface area contributed by atoms with Gasteiger partial charge in [0.15, 0.2) is 0 Å². The van der Waals surface area contributed by atoms with E-state index in [-0.39, 0.29) is 11.6 Å². The number of ether oxygens (including phenoxy) is 1. The van der Waals surface area contributed by atoms with Gasteiger partial charge in [-0.05, 0) is 62.7 Å². The fourth-order valence-electron chi connectivity index (χ4n) is 3.05. The molecule has 3 rings (SSSR count). The molecule has 142 valence electrons. The Morgan fingerprint density at radius 2 is 1.78 bits per heavy atom. The molecule has 5 heteroatoms. The summed E-state index contributed by atoms with van der Waals surface area (Å²) in [6.45, 7) is 9.78. The SMILES string of the molecule is CCOc1ccc(-n2c([C@H](C)NCC(C)C)nc3ccccc3c2=O)cc1. The van der Waals surface area contributed by atoms with Gasteiger partial charge in [-0.25, -0.2) is 4.98 Å². The summed E-state index contributed by atoms with van der Waals surface area (Å²) in [5.41, 5.74) is 1.45. The van der Waals surface area contributed by atoms with Gasteiger partial charge in [-0.2, -0.15) is 0 Å². The molecule has 5 nitrogen and oxygen atoms in total. The van der Waals surface area contributed by atoms with E-state index in [4.69, 9.17) is 9.72 Å². The van der Waals surface area contributed by atoms with Gasteiger partial charge in [-0.3, -0.25) is 9.36 Å². The van der Waals surface area contributed by atoms with E-state index in [0.29, 0.717) is 23.7 Å². The van der Waals surface area contributed by atoms with E-state index in [9.17, 15) is 4.79 Å². The van der Waals surface area contributed by atoms with Gasteiger partial charge in [-0.1, -0.05) is 26.0 Å².